The maximum absolute atomic E-state index is 13.2. The van der Waals surface area contributed by atoms with Crippen LogP contribution >= 0.6 is 35.6 Å². The van der Waals surface area contributed by atoms with Crippen LogP contribution in [0, 0.1) is 5.92 Å². The number of carbonyl (C=O) groups excluding carboxylic acids is 1. The van der Waals surface area contributed by atoms with Crippen LogP contribution in [-0.2, 0) is 11.3 Å². The van der Waals surface area contributed by atoms with Crippen LogP contribution in [0.1, 0.15) is 44.1 Å². The fourth-order valence-electron chi connectivity index (χ4n) is 5.00. The summed E-state index contributed by atoms with van der Waals surface area (Å²) in [6.07, 6.45) is 11.2. The summed E-state index contributed by atoms with van der Waals surface area (Å²) >= 11 is 13.2. The molecule has 35 heavy (non-hydrogen) atoms. The van der Waals surface area contributed by atoms with E-state index in [2.05, 4.69) is 22.9 Å². The van der Waals surface area contributed by atoms with Crippen molar-refractivity contribution in [1.29, 1.82) is 0 Å². The van der Waals surface area contributed by atoms with Crippen molar-refractivity contribution in [2.45, 2.75) is 45.1 Å². The fourth-order valence-corrected chi connectivity index (χ4v) is 6.49. The number of hydrogen-bond acceptors (Lipinski definition) is 4. The lowest BCUT2D eigenvalue weighted by atomic mass is 10.0. The molecule has 3 aromatic rings. The van der Waals surface area contributed by atoms with Gasteiger partial charge in [-0.05, 0) is 43.0 Å². The van der Waals surface area contributed by atoms with Gasteiger partial charge in [-0.3, -0.25) is 9.69 Å². The van der Waals surface area contributed by atoms with Crippen molar-refractivity contribution in [1.82, 2.24) is 9.47 Å². The number of aryl methyl sites for hydroxylation is 1. The predicted octanol–water partition coefficient (Wildman–Crippen LogP) is 7.55. The number of hydrogen-bond donors (Lipinski definition) is 0. The zero-order chi connectivity index (χ0) is 24.2. The van der Waals surface area contributed by atoms with Crippen LogP contribution in [0.15, 0.2) is 59.6 Å². The van der Waals surface area contributed by atoms with Gasteiger partial charge in [0, 0.05) is 35.8 Å². The number of fused-ring (bicyclic) bond motifs is 1. The molecule has 2 aliphatic rings. The molecule has 2 aromatic carbocycles. The normalized spacial score (nSPS) is 17.9. The molecule has 0 unspecified atom stereocenters. The van der Waals surface area contributed by atoms with Crippen molar-refractivity contribution in [3.63, 3.8) is 0 Å². The summed E-state index contributed by atoms with van der Waals surface area (Å²) in [5.74, 6) is 1.49. The number of thioether (sulfide) groups is 1. The number of thiocarbonyl (C=S) groups is 1. The van der Waals surface area contributed by atoms with Crippen LogP contribution in [0.5, 0.6) is 5.75 Å². The third-order valence-corrected chi connectivity index (χ3v) is 8.54. The summed E-state index contributed by atoms with van der Waals surface area (Å²) in [6, 6.07) is 15.8. The second kappa shape index (κ2) is 11.2. The SMILES string of the molecule is O=C1/C(=C/c2cn(CCCOc3ccccc3Cl)c3ccccc23)SC(=S)N1CCC1CCCC1. The van der Waals surface area contributed by atoms with E-state index >= 15 is 0 Å². The topological polar surface area (TPSA) is 34.5 Å². The Morgan fingerprint density at radius 1 is 1.09 bits per heavy atom. The molecular weight excluding hydrogens is 496 g/mol. The van der Waals surface area contributed by atoms with Crippen LogP contribution in [0.3, 0.4) is 0 Å². The minimum Gasteiger partial charge on any atom is -0.492 e. The van der Waals surface area contributed by atoms with Gasteiger partial charge < -0.3 is 9.30 Å². The third-order valence-electron chi connectivity index (χ3n) is 6.85. The fraction of sp³-hybridized carbons (Fsp3) is 0.357. The molecule has 5 rings (SSSR count). The highest BCUT2D eigenvalue weighted by molar-refractivity contribution is 8.26. The van der Waals surface area contributed by atoms with Crippen LogP contribution in [0.2, 0.25) is 5.02 Å². The molecule has 2 fully saturated rings. The van der Waals surface area contributed by atoms with Gasteiger partial charge in [-0.2, -0.15) is 0 Å². The molecule has 7 heteroatoms. The first kappa shape index (κ1) is 24.4. The van der Waals surface area contributed by atoms with Gasteiger partial charge in [0.2, 0.25) is 0 Å². The molecule has 1 saturated carbocycles. The lowest BCUT2D eigenvalue weighted by Crippen LogP contribution is -2.30. The maximum atomic E-state index is 13.2. The zero-order valence-electron chi connectivity index (χ0n) is 19.6. The molecule has 1 aromatic heterocycles. The number of para-hydroxylation sites is 2. The number of carbonyl (C=O) groups is 1. The Hall–Kier alpha value is -2.28. The van der Waals surface area contributed by atoms with E-state index in [1.807, 2.05) is 42.5 Å². The number of ether oxygens (including phenoxy) is 1. The minimum absolute atomic E-state index is 0.0444. The average Bonchev–Trinajstić information content (AvgIpc) is 3.57. The largest absolute Gasteiger partial charge is 0.492 e. The van der Waals surface area contributed by atoms with Crippen molar-refractivity contribution >= 4 is 62.8 Å². The van der Waals surface area contributed by atoms with Gasteiger partial charge in [0.05, 0.1) is 16.5 Å². The number of aromatic nitrogens is 1. The molecule has 0 atom stereocenters. The smallest absolute Gasteiger partial charge is 0.266 e. The van der Waals surface area contributed by atoms with E-state index in [0.717, 1.165) is 48.3 Å². The Balaban J connectivity index is 1.27. The zero-order valence-corrected chi connectivity index (χ0v) is 22.0. The van der Waals surface area contributed by atoms with Gasteiger partial charge in [0.25, 0.3) is 5.91 Å². The molecular formula is C28H29ClN2O2S2. The van der Waals surface area contributed by atoms with Crippen LogP contribution < -0.4 is 4.74 Å². The van der Waals surface area contributed by atoms with Crippen molar-refractivity contribution in [3.05, 3.63) is 70.2 Å². The summed E-state index contributed by atoms with van der Waals surface area (Å²) in [7, 11) is 0. The number of rotatable bonds is 9. The summed E-state index contributed by atoms with van der Waals surface area (Å²) in [5.41, 5.74) is 2.19. The van der Waals surface area contributed by atoms with Gasteiger partial charge in [-0.15, -0.1) is 0 Å². The van der Waals surface area contributed by atoms with Gasteiger partial charge in [0.1, 0.15) is 10.1 Å². The van der Waals surface area contributed by atoms with E-state index in [0.29, 0.717) is 26.6 Å². The average molecular weight is 525 g/mol. The highest BCUT2D eigenvalue weighted by Gasteiger charge is 2.32. The number of benzene rings is 2. The van der Waals surface area contributed by atoms with E-state index in [1.54, 1.807) is 4.90 Å². The summed E-state index contributed by atoms with van der Waals surface area (Å²) in [4.78, 5) is 15.7. The molecule has 182 valence electrons. The molecule has 0 bridgehead atoms. The first-order valence-corrected chi connectivity index (χ1v) is 13.9. The molecule has 1 saturated heterocycles. The Morgan fingerprint density at radius 3 is 2.69 bits per heavy atom. The van der Waals surface area contributed by atoms with Crippen LogP contribution in [0.25, 0.3) is 17.0 Å². The Morgan fingerprint density at radius 2 is 1.86 bits per heavy atom. The molecule has 4 nitrogen and oxygen atoms in total. The number of amides is 1. The van der Waals surface area contributed by atoms with E-state index in [1.165, 1.54) is 37.4 Å². The number of halogens is 1. The lowest BCUT2D eigenvalue weighted by Gasteiger charge is -2.17. The van der Waals surface area contributed by atoms with Crippen LogP contribution in [0.4, 0.5) is 0 Å². The van der Waals surface area contributed by atoms with E-state index in [9.17, 15) is 4.79 Å². The van der Waals surface area contributed by atoms with Gasteiger partial charge in [-0.1, -0.05) is 91.6 Å². The minimum atomic E-state index is 0.0444. The third kappa shape index (κ3) is 5.60. The Kier molecular flexibility index (Phi) is 7.81. The second-order valence-electron chi connectivity index (χ2n) is 9.20. The maximum Gasteiger partial charge on any atom is 0.266 e. The molecule has 0 spiro atoms. The monoisotopic (exact) mass is 524 g/mol. The first-order chi connectivity index (χ1) is 17.1. The second-order valence-corrected chi connectivity index (χ2v) is 11.3. The first-order valence-electron chi connectivity index (χ1n) is 12.3. The standard InChI is InChI=1S/C28H29ClN2O2S2/c29-23-11-4-6-13-25(23)33-17-7-15-30-19-21(22-10-3-5-12-24(22)30)18-26-27(32)31(28(34)35-26)16-14-20-8-1-2-9-20/h3-6,10-13,18-20H,1-2,7-9,14-17H2/b26-18-. The van der Waals surface area contributed by atoms with E-state index < -0.39 is 0 Å². The molecule has 1 amide bonds. The summed E-state index contributed by atoms with van der Waals surface area (Å²) in [5, 5.41) is 1.76. The summed E-state index contributed by atoms with van der Waals surface area (Å²) < 4.78 is 8.77. The number of nitrogens with zero attached hydrogens (tertiary/aromatic N) is 2. The molecule has 0 radical (unpaired) electrons. The Labute approximate surface area is 221 Å². The van der Waals surface area contributed by atoms with Gasteiger partial charge in [-0.25, -0.2) is 0 Å². The molecule has 1 aliphatic carbocycles. The van der Waals surface area contributed by atoms with E-state index in [4.69, 9.17) is 28.6 Å². The highest BCUT2D eigenvalue weighted by atomic mass is 35.5. The molecule has 2 heterocycles. The van der Waals surface area contributed by atoms with Crippen molar-refractivity contribution < 1.29 is 9.53 Å². The van der Waals surface area contributed by atoms with E-state index in [-0.39, 0.29) is 5.91 Å². The molecule has 1 aliphatic heterocycles. The van der Waals surface area contributed by atoms with Gasteiger partial charge >= 0.3 is 0 Å². The quantitative estimate of drug-likeness (QED) is 0.164. The van der Waals surface area contributed by atoms with Crippen molar-refractivity contribution in [2.75, 3.05) is 13.2 Å². The van der Waals surface area contributed by atoms with Crippen molar-refractivity contribution in [2.24, 2.45) is 5.92 Å². The lowest BCUT2D eigenvalue weighted by molar-refractivity contribution is -0.122. The summed E-state index contributed by atoms with van der Waals surface area (Å²) in [6.45, 7) is 2.12. The Bertz CT molecular complexity index is 1260. The van der Waals surface area contributed by atoms with Crippen molar-refractivity contribution in [3.8, 4) is 5.75 Å². The van der Waals surface area contributed by atoms with Gasteiger partial charge in [0.15, 0.2) is 0 Å². The highest BCUT2D eigenvalue weighted by Crippen LogP contribution is 2.36. The molecule has 0 N–H and O–H groups in total. The van der Waals surface area contributed by atoms with Crippen LogP contribution in [-0.4, -0.2) is 32.8 Å². The predicted molar refractivity (Wildman–Crippen MR) is 150 cm³/mol.